The summed E-state index contributed by atoms with van der Waals surface area (Å²) in [6.45, 7) is 4.65. The van der Waals surface area contributed by atoms with E-state index in [-0.39, 0.29) is 0 Å². The topological polar surface area (TPSA) is 35.6 Å². The first-order chi connectivity index (χ1) is 8.25. The van der Waals surface area contributed by atoms with Crippen LogP contribution in [0.2, 0.25) is 0 Å². The SMILES string of the molecule is CN(CC(=O)N1CCCCC1)CC1CCCN1. The zero-order valence-electron chi connectivity index (χ0n) is 11.0. The Kier molecular flexibility index (Phi) is 4.80. The lowest BCUT2D eigenvalue weighted by atomic mass is 10.1. The van der Waals surface area contributed by atoms with Crippen LogP contribution < -0.4 is 5.32 Å². The Morgan fingerprint density at radius 3 is 2.71 bits per heavy atom. The molecule has 1 amide bonds. The van der Waals surface area contributed by atoms with E-state index in [4.69, 9.17) is 0 Å². The third-order valence-electron chi connectivity index (χ3n) is 3.81. The molecule has 4 nitrogen and oxygen atoms in total. The van der Waals surface area contributed by atoms with E-state index < -0.39 is 0 Å². The second kappa shape index (κ2) is 6.36. The first-order valence-electron chi connectivity index (χ1n) is 6.95. The smallest absolute Gasteiger partial charge is 0.236 e. The summed E-state index contributed by atoms with van der Waals surface area (Å²) in [5.74, 6) is 0.310. The van der Waals surface area contributed by atoms with Gasteiger partial charge in [-0.05, 0) is 45.7 Å². The zero-order chi connectivity index (χ0) is 12.1. The first-order valence-corrected chi connectivity index (χ1v) is 6.95. The Hall–Kier alpha value is -0.610. The van der Waals surface area contributed by atoms with Crippen LogP contribution in [0.5, 0.6) is 0 Å². The molecule has 2 aliphatic rings. The summed E-state index contributed by atoms with van der Waals surface area (Å²) < 4.78 is 0. The van der Waals surface area contributed by atoms with Gasteiger partial charge in [0.15, 0.2) is 0 Å². The van der Waals surface area contributed by atoms with Gasteiger partial charge in [0.1, 0.15) is 0 Å². The summed E-state index contributed by atoms with van der Waals surface area (Å²) in [6.07, 6.45) is 6.17. The molecule has 2 aliphatic heterocycles. The average molecular weight is 239 g/mol. The van der Waals surface area contributed by atoms with E-state index in [0.29, 0.717) is 18.5 Å². The van der Waals surface area contributed by atoms with Gasteiger partial charge >= 0.3 is 0 Å². The van der Waals surface area contributed by atoms with Gasteiger partial charge in [-0.15, -0.1) is 0 Å². The number of carbonyl (C=O) groups is 1. The fourth-order valence-corrected chi connectivity index (χ4v) is 2.83. The highest BCUT2D eigenvalue weighted by Crippen LogP contribution is 2.10. The minimum atomic E-state index is 0.310. The molecule has 2 saturated heterocycles. The molecule has 2 heterocycles. The lowest BCUT2D eigenvalue weighted by molar-refractivity contribution is -0.133. The van der Waals surface area contributed by atoms with Gasteiger partial charge in [-0.25, -0.2) is 0 Å². The molecule has 0 radical (unpaired) electrons. The maximum atomic E-state index is 12.0. The fourth-order valence-electron chi connectivity index (χ4n) is 2.83. The number of rotatable bonds is 4. The van der Waals surface area contributed by atoms with Crippen LogP contribution in [0.15, 0.2) is 0 Å². The maximum absolute atomic E-state index is 12.0. The number of likely N-dealkylation sites (N-methyl/N-ethyl adjacent to an activating group) is 1. The van der Waals surface area contributed by atoms with Crippen molar-refractivity contribution >= 4 is 5.91 Å². The van der Waals surface area contributed by atoms with Crippen molar-refractivity contribution < 1.29 is 4.79 Å². The second-order valence-electron chi connectivity index (χ2n) is 5.43. The molecule has 98 valence electrons. The van der Waals surface area contributed by atoms with E-state index in [1.165, 1.54) is 32.1 Å². The molecule has 0 aliphatic carbocycles. The molecule has 0 aromatic carbocycles. The molecule has 17 heavy (non-hydrogen) atoms. The highest BCUT2D eigenvalue weighted by atomic mass is 16.2. The van der Waals surface area contributed by atoms with Gasteiger partial charge in [0.25, 0.3) is 0 Å². The first kappa shape index (κ1) is 12.8. The van der Waals surface area contributed by atoms with Crippen LogP contribution in [0.25, 0.3) is 0 Å². The van der Waals surface area contributed by atoms with Crippen LogP contribution in [-0.2, 0) is 4.79 Å². The van der Waals surface area contributed by atoms with E-state index in [9.17, 15) is 4.79 Å². The normalized spacial score (nSPS) is 25.5. The Labute approximate surface area is 104 Å². The van der Waals surface area contributed by atoms with E-state index in [0.717, 1.165) is 26.2 Å². The van der Waals surface area contributed by atoms with Gasteiger partial charge in [0.05, 0.1) is 6.54 Å². The molecule has 0 bridgehead atoms. The van der Waals surface area contributed by atoms with E-state index in [1.54, 1.807) is 0 Å². The number of likely N-dealkylation sites (tertiary alicyclic amines) is 1. The summed E-state index contributed by atoms with van der Waals surface area (Å²) in [7, 11) is 2.06. The van der Waals surface area contributed by atoms with Gasteiger partial charge in [0, 0.05) is 25.7 Å². The summed E-state index contributed by atoms with van der Waals surface area (Å²) in [4.78, 5) is 16.2. The lowest BCUT2D eigenvalue weighted by Gasteiger charge is -2.29. The molecule has 0 aromatic rings. The highest BCUT2D eigenvalue weighted by molar-refractivity contribution is 5.78. The third kappa shape index (κ3) is 3.96. The third-order valence-corrected chi connectivity index (χ3v) is 3.81. The Morgan fingerprint density at radius 1 is 1.29 bits per heavy atom. The number of nitrogens with zero attached hydrogens (tertiary/aromatic N) is 2. The monoisotopic (exact) mass is 239 g/mol. The minimum absolute atomic E-state index is 0.310. The summed E-state index contributed by atoms with van der Waals surface area (Å²) in [6, 6.07) is 0.592. The standard InChI is InChI=1S/C13H25N3O/c1-15(10-12-6-5-7-14-12)11-13(17)16-8-3-2-4-9-16/h12,14H,2-11H2,1H3. The Bertz CT molecular complexity index is 245. The van der Waals surface area contributed by atoms with Crippen LogP contribution in [0.4, 0.5) is 0 Å². The molecule has 1 N–H and O–H groups in total. The number of nitrogens with one attached hydrogen (secondary N) is 1. The number of carbonyl (C=O) groups excluding carboxylic acids is 1. The summed E-state index contributed by atoms with van der Waals surface area (Å²) >= 11 is 0. The molecular weight excluding hydrogens is 214 g/mol. The predicted octanol–water partition coefficient (Wildman–Crippen LogP) is 0.683. The van der Waals surface area contributed by atoms with Crippen LogP contribution in [0, 0.1) is 0 Å². The van der Waals surface area contributed by atoms with Crippen molar-refractivity contribution in [3.8, 4) is 0 Å². The van der Waals surface area contributed by atoms with Crippen LogP contribution in [-0.4, -0.2) is 61.5 Å². The van der Waals surface area contributed by atoms with Crippen LogP contribution in [0.3, 0.4) is 0 Å². The molecule has 2 fully saturated rings. The van der Waals surface area contributed by atoms with Crippen molar-refractivity contribution in [1.29, 1.82) is 0 Å². The van der Waals surface area contributed by atoms with Gasteiger partial charge < -0.3 is 10.2 Å². The fraction of sp³-hybridized carbons (Fsp3) is 0.923. The van der Waals surface area contributed by atoms with Gasteiger partial charge in [-0.2, -0.15) is 0 Å². The quantitative estimate of drug-likeness (QED) is 0.784. The number of hydrogen-bond acceptors (Lipinski definition) is 3. The molecule has 0 aromatic heterocycles. The maximum Gasteiger partial charge on any atom is 0.236 e. The number of amides is 1. The zero-order valence-corrected chi connectivity index (χ0v) is 11.0. The van der Waals surface area contributed by atoms with Crippen LogP contribution in [0.1, 0.15) is 32.1 Å². The summed E-state index contributed by atoms with van der Waals surface area (Å²) in [5.41, 5.74) is 0. The van der Waals surface area contributed by atoms with Gasteiger partial charge in [-0.1, -0.05) is 0 Å². The van der Waals surface area contributed by atoms with E-state index >= 15 is 0 Å². The van der Waals surface area contributed by atoms with Crippen molar-refractivity contribution in [2.75, 3.05) is 39.8 Å². The van der Waals surface area contributed by atoms with Crippen molar-refractivity contribution in [3.63, 3.8) is 0 Å². The highest BCUT2D eigenvalue weighted by Gasteiger charge is 2.20. The Balaban J connectivity index is 1.69. The van der Waals surface area contributed by atoms with Crippen molar-refractivity contribution in [1.82, 2.24) is 15.1 Å². The molecule has 2 rings (SSSR count). The Morgan fingerprint density at radius 2 is 2.06 bits per heavy atom. The van der Waals surface area contributed by atoms with Gasteiger partial charge in [0.2, 0.25) is 5.91 Å². The largest absolute Gasteiger partial charge is 0.342 e. The molecule has 0 saturated carbocycles. The van der Waals surface area contributed by atoms with Crippen molar-refractivity contribution in [3.05, 3.63) is 0 Å². The minimum Gasteiger partial charge on any atom is -0.342 e. The predicted molar refractivity (Wildman–Crippen MR) is 69.0 cm³/mol. The molecule has 1 atom stereocenters. The molecule has 1 unspecified atom stereocenters. The molecule has 0 spiro atoms. The van der Waals surface area contributed by atoms with Gasteiger partial charge in [-0.3, -0.25) is 9.69 Å². The average Bonchev–Trinajstić information content (AvgIpc) is 2.82. The van der Waals surface area contributed by atoms with E-state index in [1.807, 2.05) is 4.90 Å². The van der Waals surface area contributed by atoms with E-state index in [2.05, 4.69) is 17.3 Å². The van der Waals surface area contributed by atoms with Crippen molar-refractivity contribution in [2.24, 2.45) is 0 Å². The second-order valence-corrected chi connectivity index (χ2v) is 5.43. The number of piperidine rings is 1. The molecular formula is C13H25N3O. The summed E-state index contributed by atoms with van der Waals surface area (Å²) in [5, 5.41) is 3.47. The lowest BCUT2D eigenvalue weighted by Crippen LogP contribution is -2.44. The molecule has 4 heteroatoms. The van der Waals surface area contributed by atoms with Crippen LogP contribution >= 0.6 is 0 Å². The number of hydrogen-bond donors (Lipinski definition) is 1. The van der Waals surface area contributed by atoms with Crippen molar-refractivity contribution in [2.45, 2.75) is 38.1 Å².